The summed E-state index contributed by atoms with van der Waals surface area (Å²) >= 11 is 0. The molecule has 1 unspecified atom stereocenters. The summed E-state index contributed by atoms with van der Waals surface area (Å²) in [6.45, 7) is 4.67. The largest absolute Gasteiger partial charge is 0.243 e. The van der Waals surface area contributed by atoms with Crippen LogP contribution in [0.5, 0.6) is 0 Å². The number of rotatable bonds is 5. The van der Waals surface area contributed by atoms with Crippen LogP contribution >= 0.6 is 0 Å². The molecule has 0 fully saturated rings. The number of fused-ring (bicyclic) bond motifs is 1. The fraction of sp³-hybridized carbons (Fsp3) is 0.400. The van der Waals surface area contributed by atoms with Crippen molar-refractivity contribution in [3.63, 3.8) is 0 Å². The Morgan fingerprint density at radius 1 is 1.08 bits per heavy atom. The van der Waals surface area contributed by atoms with E-state index in [1.165, 1.54) is 11.1 Å². The number of aryl methyl sites for hydroxylation is 1. The quantitative estimate of drug-likeness (QED) is 0.803. The monoisotopic (exact) mass is 343 g/mol. The van der Waals surface area contributed by atoms with Crippen LogP contribution in [0, 0.1) is 6.92 Å². The Morgan fingerprint density at radius 2 is 1.79 bits per heavy atom. The molecule has 1 aliphatic heterocycles. The smallest absolute Gasteiger partial charge is 0.207 e. The van der Waals surface area contributed by atoms with Gasteiger partial charge in [-0.3, -0.25) is 0 Å². The van der Waals surface area contributed by atoms with Crippen LogP contribution in [0.25, 0.3) is 0 Å². The van der Waals surface area contributed by atoms with E-state index in [9.17, 15) is 8.42 Å². The van der Waals surface area contributed by atoms with Gasteiger partial charge in [-0.2, -0.15) is 4.31 Å². The summed E-state index contributed by atoms with van der Waals surface area (Å²) in [5.41, 5.74) is 3.53. The maximum atomic E-state index is 13.2. The average molecular weight is 343 g/mol. The molecule has 1 heterocycles. The fourth-order valence-electron chi connectivity index (χ4n) is 3.46. The molecular formula is C20H25NO2S. The minimum atomic E-state index is -3.47. The van der Waals surface area contributed by atoms with Crippen molar-refractivity contribution in [1.82, 2.24) is 4.31 Å². The molecule has 24 heavy (non-hydrogen) atoms. The van der Waals surface area contributed by atoms with Gasteiger partial charge >= 0.3 is 0 Å². The lowest BCUT2D eigenvalue weighted by Gasteiger charge is -2.36. The summed E-state index contributed by atoms with van der Waals surface area (Å²) in [6, 6.07) is 15.4. The van der Waals surface area contributed by atoms with Crippen molar-refractivity contribution in [2.45, 2.75) is 50.5 Å². The highest BCUT2D eigenvalue weighted by Gasteiger charge is 2.35. The van der Waals surface area contributed by atoms with E-state index < -0.39 is 10.0 Å². The maximum absolute atomic E-state index is 13.2. The summed E-state index contributed by atoms with van der Waals surface area (Å²) in [7, 11) is -3.47. The second-order valence-electron chi connectivity index (χ2n) is 6.54. The average Bonchev–Trinajstić information content (AvgIpc) is 2.59. The van der Waals surface area contributed by atoms with E-state index in [4.69, 9.17) is 0 Å². The van der Waals surface area contributed by atoms with Crippen LogP contribution in [0.2, 0.25) is 0 Å². The third-order valence-corrected chi connectivity index (χ3v) is 6.74. The standard InChI is InChI=1S/C20H25NO2S/c1-3-4-9-20-19-8-6-5-7-17(19)14-15-21(20)24(22,23)18-12-10-16(2)11-13-18/h5-8,10-13,20H,3-4,9,14-15H2,1-2H3. The van der Waals surface area contributed by atoms with Gasteiger partial charge < -0.3 is 0 Å². The molecule has 1 aliphatic rings. The van der Waals surface area contributed by atoms with Crippen molar-refractivity contribution in [3.8, 4) is 0 Å². The van der Waals surface area contributed by atoms with E-state index in [0.717, 1.165) is 31.2 Å². The summed E-state index contributed by atoms with van der Waals surface area (Å²) in [4.78, 5) is 0.397. The summed E-state index contributed by atoms with van der Waals surface area (Å²) < 4.78 is 28.1. The Bertz CT molecular complexity index is 797. The summed E-state index contributed by atoms with van der Waals surface area (Å²) in [5, 5.41) is 0. The van der Waals surface area contributed by atoms with Crippen molar-refractivity contribution in [2.24, 2.45) is 0 Å². The first-order valence-corrected chi connectivity index (χ1v) is 10.1. The van der Waals surface area contributed by atoms with Crippen LogP contribution in [-0.2, 0) is 16.4 Å². The third-order valence-electron chi connectivity index (χ3n) is 4.82. The zero-order valence-corrected chi connectivity index (χ0v) is 15.2. The molecule has 2 aromatic rings. The second kappa shape index (κ2) is 7.08. The predicted molar refractivity (Wildman–Crippen MR) is 97.5 cm³/mol. The minimum Gasteiger partial charge on any atom is -0.207 e. The minimum absolute atomic E-state index is 0.0544. The second-order valence-corrected chi connectivity index (χ2v) is 8.43. The van der Waals surface area contributed by atoms with Crippen molar-refractivity contribution < 1.29 is 8.42 Å². The molecular weight excluding hydrogens is 318 g/mol. The molecule has 3 rings (SSSR count). The molecule has 0 spiro atoms. The molecule has 0 aliphatic carbocycles. The van der Waals surface area contributed by atoms with E-state index >= 15 is 0 Å². The van der Waals surface area contributed by atoms with Crippen LogP contribution in [-0.4, -0.2) is 19.3 Å². The van der Waals surface area contributed by atoms with Gasteiger partial charge in [0.05, 0.1) is 10.9 Å². The molecule has 0 aromatic heterocycles. The molecule has 2 aromatic carbocycles. The zero-order valence-electron chi connectivity index (χ0n) is 14.4. The number of hydrogen-bond donors (Lipinski definition) is 0. The van der Waals surface area contributed by atoms with Crippen molar-refractivity contribution in [3.05, 3.63) is 65.2 Å². The number of unbranched alkanes of at least 4 members (excludes halogenated alkanes) is 1. The molecule has 0 radical (unpaired) electrons. The van der Waals surface area contributed by atoms with Crippen LogP contribution in [0.4, 0.5) is 0 Å². The van der Waals surface area contributed by atoms with Crippen LogP contribution in [0.1, 0.15) is 48.9 Å². The van der Waals surface area contributed by atoms with Gasteiger partial charge in [0.15, 0.2) is 0 Å². The Labute approximate surface area is 145 Å². The third kappa shape index (κ3) is 3.26. The van der Waals surface area contributed by atoms with Gasteiger partial charge in [-0.05, 0) is 43.0 Å². The molecule has 4 heteroatoms. The van der Waals surface area contributed by atoms with Gasteiger partial charge in [-0.25, -0.2) is 8.42 Å². The Hall–Kier alpha value is -1.65. The number of sulfonamides is 1. The summed E-state index contributed by atoms with van der Waals surface area (Å²) in [5.74, 6) is 0. The highest BCUT2D eigenvalue weighted by atomic mass is 32.2. The zero-order chi connectivity index (χ0) is 17.2. The first-order valence-electron chi connectivity index (χ1n) is 8.70. The van der Waals surface area contributed by atoms with Gasteiger partial charge in [0.2, 0.25) is 10.0 Å². The van der Waals surface area contributed by atoms with Crippen molar-refractivity contribution in [2.75, 3.05) is 6.54 Å². The highest BCUT2D eigenvalue weighted by Crippen LogP contribution is 2.37. The topological polar surface area (TPSA) is 37.4 Å². The van der Waals surface area contributed by atoms with Crippen molar-refractivity contribution in [1.29, 1.82) is 0 Å². The van der Waals surface area contributed by atoms with Gasteiger partial charge in [-0.15, -0.1) is 0 Å². The molecule has 0 saturated carbocycles. The van der Waals surface area contributed by atoms with Crippen LogP contribution < -0.4 is 0 Å². The molecule has 0 N–H and O–H groups in total. The Balaban J connectivity index is 2.00. The van der Waals surface area contributed by atoms with Gasteiger partial charge in [-0.1, -0.05) is 61.7 Å². The van der Waals surface area contributed by atoms with E-state index in [0.29, 0.717) is 11.4 Å². The SMILES string of the molecule is CCCCC1c2ccccc2CCN1S(=O)(=O)c1ccc(C)cc1. The predicted octanol–water partition coefficient (Wildman–Crippen LogP) is 4.47. The maximum Gasteiger partial charge on any atom is 0.243 e. The van der Waals surface area contributed by atoms with Gasteiger partial charge in [0, 0.05) is 6.54 Å². The lowest BCUT2D eigenvalue weighted by Crippen LogP contribution is -2.40. The van der Waals surface area contributed by atoms with Crippen molar-refractivity contribution >= 4 is 10.0 Å². The summed E-state index contributed by atoms with van der Waals surface area (Å²) in [6.07, 6.45) is 3.75. The number of hydrogen-bond acceptors (Lipinski definition) is 2. The lowest BCUT2D eigenvalue weighted by atomic mass is 9.91. The van der Waals surface area contributed by atoms with E-state index in [2.05, 4.69) is 19.1 Å². The van der Waals surface area contributed by atoms with Crippen LogP contribution in [0.3, 0.4) is 0 Å². The Morgan fingerprint density at radius 3 is 2.50 bits per heavy atom. The van der Waals surface area contributed by atoms with Crippen LogP contribution in [0.15, 0.2) is 53.4 Å². The molecule has 0 bridgehead atoms. The van der Waals surface area contributed by atoms with E-state index in [1.54, 1.807) is 16.4 Å². The highest BCUT2D eigenvalue weighted by molar-refractivity contribution is 7.89. The fourth-order valence-corrected chi connectivity index (χ4v) is 5.10. The lowest BCUT2D eigenvalue weighted by molar-refractivity contribution is 0.288. The molecule has 0 saturated heterocycles. The molecule has 0 amide bonds. The Kier molecular flexibility index (Phi) is 5.07. The van der Waals surface area contributed by atoms with E-state index in [1.807, 2.05) is 31.2 Å². The normalized spacial score (nSPS) is 18.3. The number of nitrogens with zero attached hydrogens (tertiary/aromatic N) is 1. The molecule has 128 valence electrons. The first-order chi connectivity index (χ1) is 11.5. The molecule has 3 nitrogen and oxygen atoms in total. The first kappa shape index (κ1) is 17.2. The van der Waals surface area contributed by atoms with Gasteiger partial charge in [0.25, 0.3) is 0 Å². The van der Waals surface area contributed by atoms with E-state index in [-0.39, 0.29) is 6.04 Å². The number of benzene rings is 2. The molecule has 1 atom stereocenters. The van der Waals surface area contributed by atoms with Gasteiger partial charge in [0.1, 0.15) is 0 Å².